The number of hydrogen-bond acceptors (Lipinski definition) is 2. The largest absolute Gasteiger partial charge is 0.417 e. The standard InChI is InChI=1S/C18H16BrClF3NO/c1-2-3-17(24-25-11-12-4-6-13(19)7-5-12)15-10-14(20)8-9-16(15)18(21,22)23/h4-10H,2-3,11H2,1H3. The summed E-state index contributed by atoms with van der Waals surface area (Å²) in [5.41, 5.74) is 0.286. The van der Waals surface area contributed by atoms with E-state index in [2.05, 4.69) is 21.1 Å². The number of halogens is 5. The Morgan fingerprint density at radius 3 is 2.44 bits per heavy atom. The summed E-state index contributed by atoms with van der Waals surface area (Å²) >= 11 is 9.22. The fraction of sp³-hybridized carbons (Fsp3) is 0.278. The Bertz CT molecular complexity index is 745. The van der Waals surface area contributed by atoms with E-state index in [0.717, 1.165) is 16.1 Å². The van der Waals surface area contributed by atoms with Gasteiger partial charge in [0.15, 0.2) is 0 Å². The lowest BCUT2D eigenvalue weighted by Gasteiger charge is -2.14. The SMILES string of the molecule is CCCC(=NOCc1ccc(Br)cc1)c1cc(Cl)ccc1C(F)(F)F. The first-order valence-electron chi connectivity index (χ1n) is 7.61. The van der Waals surface area contributed by atoms with Crippen molar-refractivity contribution in [1.82, 2.24) is 0 Å². The van der Waals surface area contributed by atoms with Crippen LogP contribution >= 0.6 is 27.5 Å². The van der Waals surface area contributed by atoms with Crippen molar-refractivity contribution < 1.29 is 18.0 Å². The number of rotatable bonds is 6. The highest BCUT2D eigenvalue weighted by Crippen LogP contribution is 2.34. The molecule has 0 aliphatic carbocycles. The third-order valence-corrected chi connectivity index (χ3v) is 4.17. The Morgan fingerprint density at radius 1 is 1.16 bits per heavy atom. The van der Waals surface area contributed by atoms with Crippen molar-refractivity contribution in [1.29, 1.82) is 0 Å². The first-order chi connectivity index (χ1) is 11.8. The van der Waals surface area contributed by atoms with Crippen LogP contribution in [-0.2, 0) is 17.6 Å². The maximum atomic E-state index is 13.3. The van der Waals surface area contributed by atoms with Crippen molar-refractivity contribution in [3.8, 4) is 0 Å². The smallest absolute Gasteiger partial charge is 0.391 e. The molecule has 0 saturated carbocycles. The fourth-order valence-electron chi connectivity index (χ4n) is 2.23. The Balaban J connectivity index is 2.27. The van der Waals surface area contributed by atoms with Crippen LogP contribution < -0.4 is 0 Å². The van der Waals surface area contributed by atoms with E-state index in [1.165, 1.54) is 12.1 Å². The van der Waals surface area contributed by atoms with Crippen LogP contribution in [0.3, 0.4) is 0 Å². The van der Waals surface area contributed by atoms with Crippen molar-refractivity contribution >= 4 is 33.2 Å². The minimum atomic E-state index is -4.49. The molecule has 0 spiro atoms. The first kappa shape index (κ1) is 19.8. The van der Waals surface area contributed by atoms with Crippen LogP contribution in [0.1, 0.15) is 36.5 Å². The molecule has 0 heterocycles. The third-order valence-electron chi connectivity index (χ3n) is 3.40. The second-order valence-corrected chi connectivity index (χ2v) is 6.73. The van der Waals surface area contributed by atoms with Gasteiger partial charge in [0.05, 0.1) is 11.3 Å². The first-order valence-corrected chi connectivity index (χ1v) is 8.78. The summed E-state index contributed by atoms with van der Waals surface area (Å²) in [6.07, 6.45) is -3.51. The van der Waals surface area contributed by atoms with Gasteiger partial charge >= 0.3 is 6.18 Å². The molecule has 0 fully saturated rings. The lowest BCUT2D eigenvalue weighted by molar-refractivity contribution is -0.137. The zero-order valence-corrected chi connectivity index (χ0v) is 15.7. The normalized spacial score (nSPS) is 12.3. The molecular formula is C18H16BrClF3NO. The van der Waals surface area contributed by atoms with Crippen molar-refractivity contribution in [2.45, 2.75) is 32.5 Å². The van der Waals surface area contributed by atoms with Crippen molar-refractivity contribution in [3.05, 3.63) is 68.7 Å². The number of alkyl halides is 3. The summed E-state index contributed by atoms with van der Waals surface area (Å²) in [5.74, 6) is 0. The quantitative estimate of drug-likeness (QED) is 0.360. The van der Waals surface area contributed by atoms with Gasteiger partial charge in [0.25, 0.3) is 0 Å². The number of hydrogen-bond donors (Lipinski definition) is 0. The fourth-order valence-corrected chi connectivity index (χ4v) is 2.67. The summed E-state index contributed by atoms with van der Waals surface area (Å²) in [6.45, 7) is 2.03. The van der Waals surface area contributed by atoms with Crippen LogP contribution in [0.5, 0.6) is 0 Å². The van der Waals surface area contributed by atoms with Gasteiger partial charge in [0.2, 0.25) is 0 Å². The molecular weight excluding hydrogens is 419 g/mol. The maximum absolute atomic E-state index is 13.3. The maximum Gasteiger partial charge on any atom is 0.417 e. The third kappa shape index (κ3) is 5.75. The zero-order chi connectivity index (χ0) is 18.4. The van der Waals surface area contributed by atoms with Gasteiger partial charge in [0, 0.05) is 15.1 Å². The van der Waals surface area contributed by atoms with Crippen LogP contribution in [0.2, 0.25) is 5.02 Å². The molecule has 0 unspecified atom stereocenters. The van der Waals surface area contributed by atoms with E-state index < -0.39 is 11.7 Å². The molecule has 0 aromatic heterocycles. The van der Waals surface area contributed by atoms with Crippen molar-refractivity contribution in [3.63, 3.8) is 0 Å². The average molecular weight is 435 g/mol. The average Bonchev–Trinajstić information content (AvgIpc) is 2.54. The summed E-state index contributed by atoms with van der Waals surface area (Å²) < 4.78 is 40.7. The van der Waals surface area contributed by atoms with Gasteiger partial charge in [-0.15, -0.1) is 0 Å². The minimum absolute atomic E-state index is 0.0438. The lowest BCUT2D eigenvalue weighted by Crippen LogP contribution is -2.14. The molecule has 2 nitrogen and oxygen atoms in total. The van der Waals surface area contributed by atoms with Crippen molar-refractivity contribution in [2.75, 3.05) is 0 Å². The molecule has 0 radical (unpaired) electrons. The summed E-state index contributed by atoms with van der Waals surface area (Å²) in [7, 11) is 0. The van der Waals surface area contributed by atoms with E-state index in [0.29, 0.717) is 12.8 Å². The number of oxime groups is 1. The molecule has 0 aliphatic heterocycles. The van der Waals surface area contributed by atoms with Gasteiger partial charge in [-0.3, -0.25) is 0 Å². The van der Waals surface area contributed by atoms with Crippen LogP contribution in [0.4, 0.5) is 13.2 Å². The number of nitrogens with zero attached hydrogens (tertiary/aromatic N) is 1. The molecule has 0 saturated heterocycles. The molecule has 25 heavy (non-hydrogen) atoms. The molecule has 2 rings (SSSR count). The highest BCUT2D eigenvalue weighted by molar-refractivity contribution is 9.10. The predicted octanol–water partition coefficient (Wildman–Crippen LogP) is 6.84. The molecule has 2 aromatic rings. The molecule has 0 amide bonds. The van der Waals surface area contributed by atoms with E-state index in [4.69, 9.17) is 16.4 Å². The van der Waals surface area contributed by atoms with Crippen LogP contribution in [0, 0.1) is 0 Å². The Morgan fingerprint density at radius 2 is 1.84 bits per heavy atom. The van der Waals surface area contributed by atoms with Gasteiger partial charge in [-0.1, -0.05) is 58.2 Å². The monoisotopic (exact) mass is 433 g/mol. The summed E-state index contributed by atoms with van der Waals surface area (Å²) in [5, 5.41) is 4.18. The molecule has 134 valence electrons. The van der Waals surface area contributed by atoms with E-state index in [1.54, 1.807) is 0 Å². The van der Waals surface area contributed by atoms with Gasteiger partial charge in [-0.05, 0) is 42.3 Å². The molecule has 0 bridgehead atoms. The van der Waals surface area contributed by atoms with Gasteiger partial charge in [-0.2, -0.15) is 13.2 Å². The minimum Gasteiger partial charge on any atom is -0.391 e. The van der Waals surface area contributed by atoms with E-state index in [-0.39, 0.29) is 22.9 Å². The summed E-state index contributed by atoms with van der Waals surface area (Å²) in [6, 6.07) is 10.9. The molecule has 0 N–H and O–H groups in total. The zero-order valence-electron chi connectivity index (χ0n) is 13.4. The molecule has 0 aliphatic rings. The Kier molecular flexibility index (Phi) is 6.90. The van der Waals surface area contributed by atoms with Crippen LogP contribution in [0.15, 0.2) is 52.1 Å². The highest BCUT2D eigenvalue weighted by Gasteiger charge is 2.34. The molecule has 7 heteroatoms. The Hall–Kier alpha value is -1.53. The van der Waals surface area contributed by atoms with Gasteiger partial charge in [-0.25, -0.2) is 0 Å². The van der Waals surface area contributed by atoms with Gasteiger partial charge in [0.1, 0.15) is 6.61 Å². The van der Waals surface area contributed by atoms with E-state index in [9.17, 15) is 13.2 Å². The number of benzene rings is 2. The Labute approximate surface area is 157 Å². The summed E-state index contributed by atoms with van der Waals surface area (Å²) in [4.78, 5) is 5.30. The molecule has 0 atom stereocenters. The van der Waals surface area contributed by atoms with E-state index in [1.807, 2.05) is 31.2 Å². The van der Waals surface area contributed by atoms with Gasteiger partial charge < -0.3 is 4.84 Å². The predicted molar refractivity (Wildman–Crippen MR) is 96.8 cm³/mol. The van der Waals surface area contributed by atoms with Crippen LogP contribution in [-0.4, -0.2) is 5.71 Å². The molecule has 2 aromatic carbocycles. The topological polar surface area (TPSA) is 21.6 Å². The highest BCUT2D eigenvalue weighted by atomic mass is 79.9. The second kappa shape index (κ2) is 8.72. The lowest BCUT2D eigenvalue weighted by atomic mass is 9.99. The van der Waals surface area contributed by atoms with E-state index >= 15 is 0 Å². The second-order valence-electron chi connectivity index (χ2n) is 5.38. The van der Waals surface area contributed by atoms with Crippen molar-refractivity contribution in [2.24, 2.45) is 5.16 Å². The van der Waals surface area contributed by atoms with Crippen LogP contribution in [0.25, 0.3) is 0 Å².